The molecule has 2 nitrogen and oxygen atoms in total. The lowest BCUT2D eigenvalue weighted by atomic mass is 10.0. The van der Waals surface area contributed by atoms with Crippen LogP contribution in [0.15, 0.2) is 24.3 Å². The van der Waals surface area contributed by atoms with Gasteiger partial charge >= 0.3 is 0 Å². The molecule has 0 bridgehead atoms. The smallest absolute Gasteiger partial charge is 0.0663 e. The molecule has 0 aromatic heterocycles. The fourth-order valence-corrected chi connectivity index (χ4v) is 2.39. The zero-order valence-corrected chi connectivity index (χ0v) is 9.99. The van der Waals surface area contributed by atoms with E-state index in [1.54, 1.807) is 0 Å². The van der Waals surface area contributed by atoms with Crippen LogP contribution < -0.4 is 5.73 Å². The summed E-state index contributed by atoms with van der Waals surface area (Å²) in [7, 11) is 0. The third-order valence-electron chi connectivity index (χ3n) is 3.40. The zero-order chi connectivity index (χ0) is 11.4. The van der Waals surface area contributed by atoms with Gasteiger partial charge in [-0.2, -0.15) is 0 Å². The van der Waals surface area contributed by atoms with Crippen molar-refractivity contribution < 1.29 is 4.74 Å². The van der Waals surface area contributed by atoms with Gasteiger partial charge in [-0.05, 0) is 30.9 Å². The van der Waals surface area contributed by atoms with E-state index in [0.717, 1.165) is 0 Å². The van der Waals surface area contributed by atoms with Gasteiger partial charge in [-0.3, -0.25) is 0 Å². The first-order chi connectivity index (χ1) is 7.77. The third-order valence-corrected chi connectivity index (χ3v) is 3.40. The molecule has 0 spiro atoms. The van der Waals surface area contributed by atoms with Crippen molar-refractivity contribution in [1.82, 2.24) is 0 Å². The number of hydrogen-bond donors (Lipinski definition) is 1. The van der Waals surface area contributed by atoms with Crippen LogP contribution in [0.3, 0.4) is 0 Å². The van der Waals surface area contributed by atoms with E-state index in [0.29, 0.717) is 12.7 Å². The van der Waals surface area contributed by atoms with Crippen LogP contribution in [0.5, 0.6) is 0 Å². The van der Waals surface area contributed by atoms with Crippen molar-refractivity contribution in [2.75, 3.05) is 6.61 Å². The van der Waals surface area contributed by atoms with Gasteiger partial charge in [-0.15, -0.1) is 0 Å². The van der Waals surface area contributed by atoms with Crippen LogP contribution in [0.25, 0.3) is 0 Å². The lowest BCUT2D eigenvalue weighted by molar-refractivity contribution is 0.0488. The molecule has 0 aliphatic heterocycles. The Kier molecular flexibility index (Phi) is 3.97. The Hall–Kier alpha value is -0.860. The van der Waals surface area contributed by atoms with E-state index in [9.17, 15) is 0 Å². The van der Waals surface area contributed by atoms with Gasteiger partial charge in [-0.25, -0.2) is 0 Å². The highest BCUT2D eigenvalue weighted by Crippen LogP contribution is 2.23. The standard InChI is InChI=1S/C14H21NO/c1-11-6-2-5-9-13(11)14(15)10-16-12-7-3-4-8-12/h2,5-6,9,12,14H,3-4,7-8,10,15H2,1H3. The van der Waals surface area contributed by atoms with Gasteiger partial charge in [0.25, 0.3) is 0 Å². The van der Waals surface area contributed by atoms with Crippen molar-refractivity contribution in [2.24, 2.45) is 5.73 Å². The van der Waals surface area contributed by atoms with Crippen molar-refractivity contribution in [3.8, 4) is 0 Å². The molecule has 1 saturated carbocycles. The summed E-state index contributed by atoms with van der Waals surface area (Å²) in [5, 5.41) is 0. The second-order valence-electron chi connectivity index (χ2n) is 4.70. The Morgan fingerprint density at radius 3 is 2.69 bits per heavy atom. The molecule has 0 heterocycles. The maximum atomic E-state index is 6.15. The van der Waals surface area contributed by atoms with E-state index in [2.05, 4.69) is 19.1 Å². The van der Waals surface area contributed by atoms with Crippen LogP contribution in [0.4, 0.5) is 0 Å². The van der Waals surface area contributed by atoms with E-state index in [1.807, 2.05) is 12.1 Å². The minimum atomic E-state index is 0.0156. The quantitative estimate of drug-likeness (QED) is 0.845. The molecule has 0 radical (unpaired) electrons. The summed E-state index contributed by atoms with van der Waals surface area (Å²) in [6.45, 7) is 2.75. The normalized spacial score (nSPS) is 18.9. The van der Waals surface area contributed by atoms with E-state index in [-0.39, 0.29) is 6.04 Å². The average Bonchev–Trinajstić information content (AvgIpc) is 2.79. The molecule has 0 saturated heterocycles. The lowest BCUT2D eigenvalue weighted by Crippen LogP contribution is -2.21. The SMILES string of the molecule is Cc1ccccc1C(N)COC1CCCC1. The first-order valence-electron chi connectivity index (χ1n) is 6.20. The molecular formula is C14H21NO. The number of ether oxygens (including phenoxy) is 1. The van der Waals surface area contributed by atoms with Crippen molar-refractivity contribution in [2.45, 2.75) is 44.8 Å². The summed E-state index contributed by atoms with van der Waals surface area (Å²) in [6.07, 6.45) is 5.49. The number of nitrogens with two attached hydrogens (primary N) is 1. The highest BCUT2D eigenvalue weighted by Gasteiger charge is 2.17. The monoisotopic (exact) mass is 219 g/mol. The molecular weight excluding hydrogens is 198 g/mol. The second-order valence-corrected chi connectivity index (χ2v) is 4.70. The molecule has 1 atom stereocenters. The lowest BCUT2D eigenvalue weighted by Gasteiger charge is -2.18. The fourth-order valence-electron chi connectivity index (χ4n) is 2.39. The van der Waals surface area contributed by atoms with Crippen LogP contribution in [0.2, 0.25) is 0 Å². The van der Waals surface area contributed by atoms with Crippen molar-refractivity contribution in [3.05, 3.63) is 35.4 Å². The first-order valence-corrected chi connectivity index (χ1v) is 6.20. The molecule has 2 rings (SSSR count). The molecule has 16 heavy (non-hydrogen) atoms. The minimum absolute atomic E-state index is 0.0156. The molecule has 1 aromatic rings. The fraction of sp³-hybridized carbons (Fsp3) is 0.571. The molecule has 88 valence electrons. The summed E-state index contributed by atoms with van der Waals surface area (Å²) in [6, 6.07) is 8.30. The number of aryl methyl sites for hydroxylation is 1. The molecule has 1 aliphatic rings. The van der Waals surface area contributed by atoms with Crippen molar-refractivity contribution in [1.29, 1.82) is 0 Å². The second kappa shape index (κ2) is 5.46. The van der Waals surface area contributed by atoms with Crippen LogP contribution in [-0.4, -0.2) is 12.7 Å². The Bertz CT molecular complexity index is 331. The topological polar surface area (TPSA) is 35.2 Å². The first kappa shape index (κ1) is 11.6. The minimum Gasteiger partial charge on any atom is -0.376 e. The largest absolute Gasteiger partial charge is 0.376 e. The Balaban J connectivity index is 1.87. The molecule has 0 amide bonds. The molecule has 1 aliphatic carbocycles. The molecule has 1 fully saturated rings. The van der Waals surface area contributed by atoms with Gasteiger partial charge < -0.3 is 10.5 Å². The Labute approximate surface area is 97.8 Å². The summed E-state index contributed by atoms with van der Waals surface area (Å²) >= 11 is 0. The molecule has 2 N–H and O–H groups in total. The van der Waals surface area contributed by atoms with Crippen LogP contribution in [0.1, 0.15) is 42.9 Å². The van der Waals surface area contributed by atoms with Crippen molar-refractivity contribution >= 4 is 0 Å². The molecule has 1 aromatic carbocycles. The van der Waals surface area contributed by atoms with Gasteiger partial charge in [0, 0.05) is 0 Å². The highest BCUT2D eigenvalue weighted by molar-refractivity contribution is 5.28. The number of hydrogen-bond acceptors (Lipinski definition) is 2. The van der Waals surface area contributed by atoms with E-state index in [4.69, 9.17) is 10.5 Å². The summed E-state index contributed by atoms with van der Waals surface area (Å²) in [5.74, 6) is 0. The van der Waals surface area contributed by atoms with Gasteiger partial charge in [0.15, 0.2) is 0 Å². The third kappa shape index (κ3) is 2.83. The Morgan fingerprint density at radius 1 is 1.31 bits per heavy atom. The maximum Gasteiger partial charge on any atom is 0.0663 e. The van der Waals surface area contributed by atoms with Crippen LogP contribution in [-0.2, 0) is 4.74 Å². The predicted molar refractivity (Wildman–Crippen MR) is 66.3 cm³/mol. The molecule has 2 heteroatoms. The van der Waals surface area contributed by atoms with E-state index >= 15 is 0 Å². The summed E-state index contributed by atoms with van der Waals surface area (Å²) in [4.78, 5) is 0. The van der Waals surface area contributed by atoms with Crippen molar-refractivity contribution in [3.63, 3.8) is 0 Å². The predicted octanol–water partition coefficient (Wildman–Crippen LogP) is 2.95. The summed E-state index contributed by atoms with van der Waals surface area (Å²) in [5.41, 5.74) is 8.61. The van der Waals surface area contributed by atoms with E-state index < -0.39 is 0 Å². The van der Waals surface area contributed by atoms with E-state index in [1.165, 1.54) is 36.8 Å². The summed E-state index contributed by atoms with van der Waals surface area (Å²) < 4.78 is 5.85. The average molecular weight is 219 g/mol. The zero-order valence-electron chi connectivity index (χ0n) is 9.99. The van der Waals surface area contributed by atoms with Gasteiger partial charge in [-0.1, -0.05) is 37.1 Å². The van der Waals surface area contributed by atoms with Gasteiger partial charge in [0.05, 0.1) is 18.8 Å². The van der Waals surface area contributed by atoms with Crippen LogP contribution >= 0.6 is 0 Å². The highest BCUT2D eigenvalue weighted by atomic mass is 16.5. The maximum absolute atomic E-state index is 6.15. The molecule has 1 unspecified atom stereocenters. The van der Waals surface area contributed by atoms with Gasteiger partial charge in [0.1, 0.15) is 0 Å². The van der Waals surface area contributed by atoms with Gasteiger partial charge in [0.2, 0.25) is 0 Å². The number of benzene rings is 1. The number of rotatable bonds is 4. The Morgan fingerprint density at radius 2 is 2.00 bits per heavy atom. The van der Waals surface area contributed by atoms with Crippen LogP contribution in [0, 0.1) is 6.92 Å².